The number of thioether (sulfide) groups is 1. The third-order valence-electron chi connectivity index (χ3n) is 1.66. The van der Waals surface area contributed by atoms with Crippen molar-refractivity contribution < 1.29 is 9.59 Å². The number of nitrogens with two attached hydrogens (primary N) is 1. The Morgan fingerprint density at radius 1 is 1.69 bits per heavy atom. The van der Waals surface area contributed by atoms with E-state index in [1.807, 2.05) is 6.92 Å². The zero-order chi connectivity index (χ0) is 9.84. The SMILES string of the molecule is CC1CC(SCC(N)=O)NC(=O)N1. The Hall–Kier alpha value is -0.910. The Morgan fingerprint density at radius 3 is 2.92 bits per heavy atom. The lowest BCUT2D eigenvalue weighted by atomic mass is 10.2. The number of primary amides is 1. The largest absolute Gasteiger partial charge is 0.369 e. The van der Waals surface area contributed by atoms with Crippen molar-refractivity contribution in [1.29, 1.82) is 0 Å². The van der Waals surface area contributed by atoms with E-state index in [0.29, 0.717) is 0 Å². The Bertz CT molecular complexity index is 222. The van der Waals surface area contributed by atoms with Gasteiger partial charge in [-0.15, -0.1) is 11.8 Å². The molecule has 0 aromatic rings. The maximum absolute atomic E-state index is 11.0. The van der Waals surface area contributed by atoms with Crippen LogP contribution in [0.15, 0.2) is 0 Å². The molecular formula is C7H13N3O2S. The topological polar surface area (TPSA) is 84.2 Å². The van der Waals surface area contributed by atoms with Crippen LogP contribution >= 0.6 is 11.8 Å². The van der Waals surface area contributed by atoms with Gasteiger partial charge in [0.25, 0.3) is 0 Å². The van der Waals surface area contributed by atoms with E-state index < -0.39 is 0 Å². The maximum atomic E-state index is 11.0. The molecule has 0 aromatic heterocycles. The van der Waals surface area contributed by atoms with Crippen LogP contribution in [-0.4, -0.2) is 29.1 Å². The zero-order valence-corrected chi connectivity index (χ0v) is 8.19. The van der Waals surface area contributed by atoms with Gasteiger partial charge in [0.2, 0.25) is 5.91 Å². The average molecular weight is 203 g/mol. The van der Waals surface area contributed by atoms with Gasteiger partial charge in [0.05, 0.1) is 11.1 Å². The van der Waals surface area contributed by atoms with E-state index in [4.69, 9.17) is 5.73 Å². The molecule has 13 heavy (non-hydrogen) atoms. The summed E-state index contributed by atoms with van der Waals surface area (Å²) in [7, 11) is 0. The second kappa shape index (κ2) is 4.36. The van der Waals surface area contributed by atoms with Crippen LogP contribution in [0.4, 0.5) is 4.79 Å². The summed E-state index contributed by atoms with van der Waals surface area (Å²) in [5, 5.41) is 5.42. The number of hydrogen-bond acceptors (Lipinski definition) is 3. The lowest BCUT2D eigenvalue weighted by Crippen LogP contribution is -2.52. The molecule has 0 spiro atoms. The molecule has 0 aliphatic carbocycles. The van der Waals surface area contributed by atoms with Crippen molar-refractivity contribution in [2.75, 3.05) is 5.75 Å². The molecule has 6 heteroatoms. The third-order valence-corrected chi connectivity index (χ3v) is 2.83. The van der Waals surface area contributed by atoms with Gasteiger partial charge in [0.1, 0.15) is 0 Å². The van der Waals surface area contributed by atoms with Crippen molar-refractivity contribution in [1.82, 2.24) is 10.6 Å². The Kier molecular flexibility index (Phi) is 3.41. The summed E-state index contributed by atoms with van der Waals surface area (Å²) in [6.45, 7) is 1.93. The smallest absolute Gasteiger partial charge is 0.315 e. The molecule has 0 aromatic carbocycles. The van der Waals surface area contributed by atoms with E-state index in [0.717, 1.165) is 6.42 Å². The molecule has 1 aliphatic heterocycles. The second-order valence-corrected chi connectivity index (χ2v) is 4.21. The van der Waals surface area contributed by atoms with Gasteiger partial charge in [0, 0.05) is 6.04 Å². The summed E-state index contributed by atoms with van der Waals surface area (Å²) in [6.07, 6.45) is 0.809. The normalized spacial score (nSPS) is 27.6. The molecule has 0 saturated carbocycles. The van der Waals surface area contributed by atoms with Gasteiger partial charge in [-0.2, -0.15) is 0 Å². The van der Waals surface area contributed by atoms with Crippen LogP contribution in [0.5, 0.6) is 0 Å². The molecule has 4 N–H and O–H groups in total. The average Bonchev–Trinajstić information content (AvgIpc) is 1.99. The van der Waals surface area contributed by atoms with Crippen LogP contribution in [0.3, 0.4) is 0 Å². The number of carbonyl (C=O) groups excluding carboxylic acids is 2. The molecule has 3 amide bonds. The van der Waals surface area contributed by atoms with E-state index >= 15 is 0 Å². The fourth-order valence-electron chi connectivity index (χ4n) is 1.14. The van der Waals surface area contributed by atoms with Crippen molar-refractivity contribution in [2.24, 2.45) is 5.73 Å². The predicted octanol–water partition coefficient (Wildman–Crippen LogP) is -0.378. The minimum absolute atomic E-state index is 0.00347. The fourth-order valence-corrected chi connectivity index (χ4v) is 2.12. The van der Waals surface area contributed by atoms with Crippen molar-refractivity contribution in [2.45, 2.75) is 24.8 Å². The van der Waals surface area contributed by atoms with Crippen molar-refractivity contribution in [3.63, 3.8) is 0 Å². The Labute approximate surface area is 80.8 Å². The molecule has 2 atom stereocenters. The van der Waals surface area contributed by atoms with Crippen LogP contribution in [0.25, 0.3) is 0 Å². The molecule has 0 radical (unpaired) electrons. The van der Waals surface area contributed by atoms with Crippen LogP contribution in [0.1, 0.15) is 13.3 Å². The minimum atomic E-state index is -0.356. The van der Waals surface area contributed by atoms with Crippen LogP contribution in [-0.2, 0) is 4.79 Å². The van der Waals surface area contributed by atoms with E-state index in [1.165, 1.54) is 11.8 Å². The first-order valence-corrected chi connectivity index (χ1v) is 5.09. The van der Waals surface area contributed by atoms with E-state index in [1.54, 1.807) is 0 Å². The molecule has 0 bridgehead atoms. The second-order valence-electron chi connectivity index (χ2n) is 3.02. The summed E-state index contributed by atoms with van der Waals surface area (Å²) in [5.74, 6) is -0.108. The molecule has 1 heterocycles. The third kappa shape index (κ3) is 3.54. The quantitative estimate of drug-likeness (QED) is 0.584. The van der Waals surface area contributed by atoms with Gasteiger partial charge in [-0.25, -0.2) is 4.79 Å². The number of carbonyl (C=O) groups is 2. The van der Waals surface area contributed by atoms with Gasteiger partial charge in [-0.1, -0.05) is 0 Å². The lowest BCUT2D eigenvalue weighted by Gasteiger charge is -2.28. The Balaban J connectivity index is 2.33. The van der Waals surface area contributed by atoms with Crippen LogP contribution < -0.4 is 16.4 Å². The van der Waals surface area contributed by atoms with Gasteiger partial charge in [-0.3, -0.25) is 4.79 Å². The molecule has 5 nitrogen and oxygen atoms in total. The van der Waals surface area contributed by atoms with Crippen molar-refractivity contribution >= 4 is 23.7 Å². The highest BCUT2D eigenvalue weighted by atomic mass is 32.2. The Morgan fingerprint density at radius 2 is 2.38 bits per heavy atom. The standard InChI is InChI=1S/C7H13N3O2S/c1-4-2-6(10-7(12)9-4)13-3-5(8)11/h4,6H,2-3H2,1H3,(H2,8,11)(H2,9,10,12). The summed E-state index contributed by atoms with van der Waals surface area (Å²) in [6, 6.07) is -0.0279. The van der Waals surface area contributed by atoms with Crippen LogP contribution in [0, 0.1) is 0 Å². The van der Waals surface area contributed by atoms with Gasteiger partial charge < -0.3 is 16.4 Å². The van der Waals surface area contributed by atoms with Crippen molar-refractivity contribution in [3.8, 4) is 0 Å². The van der Waals surface area contributed by atoms with Gasteiger partial charge in [-0.05, 0) is 13.3 Å². The molecule has 1 saturated heterocycles. The first-order chi connectivity index (χ1) is 6.08. The number of hydrogen-bond donors (Lipinski definition) is 3. The highest BCUT2D eigenvalue weighted by Gasteiger charge is 2.22. The molecule has 1 fully saturated rings. The molecule has 1 aliphatic rings. The summed E-state index contributed by atoms with van der Waals surface area (Å²) < 4.78 is 0. The summed E-state index contributed by atoms with van der Waals surface area (Å²) in [5.41, 5.74) is 4.99. The summed E-state index contributed by atoms with van der Waals surface area (Å²) >= 11 is 1.37. The van der Waals surface area contributed by atoms with Gasteiger partial charge in [0.15, 0.2) is 0 Å². The maximum Gasteiger partial charge on any atom is 0.315 e. The number of urea groups is 1. The predicted molar refractivity (Wildman–Crippen MR) is 51.2 cm³/mol. The lowest BCUT2D eigenvalue weighted by molar-refractivity contribution is -0.115. The van der Waals surface area contributed by atoms with Crippen molar-refractivity contribution in [3.05, 3.63) is 0 Å². The molecular weight excluding hydrogens is 190 g/mol. The van der Waals surface area contributed by atoms with E-state index in [9.17, 15) is 9.59 Å². The number of amides is 3. The first kappa shape index (κ1) is 10.2. The zero-order valence-electron chi connectivity index (χ0n) is 7.37. The van der Waals surface area contributed by atoms with Gasteiger partial charge >= 0.3 is 6.03 Å². The summed E-state index contributed by atoms with van der Waals surface area (Å²) in [4.78, 5) is 21.5. The van der Waals surface area contributed by atoms with E-state index in [-0.39, 0.29) is 29.1 Å². The number of rotatable bonds is 3. The molecule has 2 unspecified atom stereocenters. The highest BCUT2D eigenvalue weighted by Crippen LogP contribution is 2.16. The monoisotopic (exact) mass is 203 g/mol. The fraction of sp³-hybridized carbons (Fsp3) is 0.714. The van der Waals surface area contributed by atoms with Crippen LogP contribution in [0.2, 0.25) is 0 Å². The van der Waals surface area contributed by atoms with E-state index in [2.05, 4.69) is 10.6 Å². The number of nitrogens with one attached hydrogen (secondary N) is 2. The molecule has 74 valence electrons. The first-order valence-electron chi connectivity index (χ1n) is 4.05. The minimum Gasteiger partial charge on any atom is -0.369 e. The highest BCUT2D eigenvalue weighted by molar-refractivity contribution is 8.00. The molecule has 1 rings (SSSR count).